The van der Waals surface area contributed by atoms with Gasteiger partial charge in [0.25, 0.3) is 0 Å². The Morgan fingerprint density at radius 3 is 1.86 bits per heavy atom. The van der Waals surface area contributed by atoms with Gasteiger partial charge in [-0.25, -0.2) is 0 Å². The minimum absolute atomic E-state index is 0.0932. The quantitative estimate of drug-likeness (QED) is 0.465. The lowest BCUT2D eigenvalue weighted by atomic mass is 9.57. The molecule has 82 valence electrons. The van der Waals surface area contributed by atoms with Crippen LogP contribution in [0, 0.1) is 11.3 Å². The van der Waals surface area contributed by atoms with Crippen LogP contribution in [0.1, 0.15) is 46.0 Å². The summed E-state index contributed by atoms with van der Waals surface area (Å²) in [4.78, 5) is 0. The van der Waals surface area contributed by atoms with Gasteiger partial charge in [-0.05, 0) is 43.4 Å². The van der Waals surface area contributed by atoms with Gasteiger partial charge in [0, 0.05) is 5.04 Å². The molecule has 0 aromatic rings. The highest BCUT2D eigenvalue weighted by Gasteiger charge is 2.59. The fourth-order valence-corrected chi connectivity index (χ4v) is 7.34. The number of halogens is 3. The molecule has 0 amide bonds. The third kappa shape index (κ3) is 1.65. The highest BCUT2D eigenvalue weighted by atomic mass is 35.8. The van der Waals surface area contributed by atoms with E-state index in [0.717, 1.165) is 25.2 Å². The average Bonchev–Trinajstić information content (AvgIpc) is 2.01. The summed E-state index contributed by atoms with van der Waals surface area (Å²) in [6, 6.07) is -2.54. The summed E-state index contributed by atoms with van der Waals surface area (Å²) >= 11 is 18.9. The van der Waals surface area contributed by atoms with Gasteiger partial charge in [-0.2, -0.15) is 0 Å². The predicted octanol–water partition coefficient (Wildman–Crippen LogP) is 5.00. The molecule has 0 spiro atoms. The summed E-state index contributed by atoms with van der Waals surface area (Å²) in [6.45, 7) is 4.69. The van der Waals surface area contributed by atoms with Crippen LogP contribution in [-0.4, -0.2) is 6.00 Å². The Kier molecular flexibility index (Phi) is 2.72. The Labute approximate surface area is 101 Å². The molecule has 3 fully saturated rings. The molecule has 0 aromatic carbocycles. The van der Waals surface area contributed by atoms with Gasteiger partial charge >= 0.3 is 6.00 Å². The van der Waals surface area contributed by atoms with Crippen molar-refractivity contribution in [3.8, 4) is 0 Å². The molecule has 3 aliphatic carbocycles. The van der Waals surface area contributed by atoms with Crippen LogP contribution >= 0.6 is 33.2 Å². The van der Waals surface area contributed by atoms with Crippen LogP contribution in [0.25, 0.3) is 0 Å². The lowest BCUT2D eigenvalue weighted by Crippen LogP contribution is -2.48. The van der Waals surface area contributed by atoms with Gasteiger partial charge in [0.2, 0.25) is 0 Å². The highest BCUT2D eigenvalue weighted by Crippen LogP contribution is 2.68. The van der Waals surface area contributed by atoms with Crippen LogP contribution in [0.2, 0.25) is 5.04 Å². The molecule has 2 bridgehead atoms. The van der Waals surface area contributed by atoms with E-state index >= 15 is 0 Å². The van der Waals surface area contributed by atoms with Crippen molar-refractivity contribution in [3.05, 3.63) is 0 Å². The molecule has 0 nitrogen and oxygen atoms in total. The van der Waals surface area contributed by atoms with Crippen LogP contribution in [-0.2, 0) is 0 Å². The van der Waals surface area contributed by atoms with Gasteiger partial charge < -0.3 is 0 Å². The van der Waals surface area contributed by atoms with Crippen LogP contribution in [0.4, 0.5) is 0 Å². The molecular weight excluding hydrogens is 255 g/mol. The summed E-state index contributed by atoms with van der Waals surface area (Å²) in [5.74, 6) is 0.866. The fourth-order valence-electron chi connectivity index (χ4n) is 3.53. The number of hydrogen-bond donors (Lipinski definition) is 0. The maximum Gasteiger partial charge on any atom is 0.347 e. The summed E-state index contributed by atoms with van der Waals surface area (Å²) in [7, 11) is 0. The van der Waals surface area contributed by atoms with Crippen molar-refractivity contribution >= 4 is 39.2 Å². The van der Waals surface area contributed by atoms with E-state index in [0.29, 0.717) is 5.41 Å². The Morgan fingerprint density at radius 1 is 1.07 bits per heavy atom. The van der Waals surface area contributed by atoms with E-state index in [-0.39, 0.29) is 5.04 Å². The highest BCUT2D eigenvalue weighted by molar-refractivity contribution is 7.65. The fraction of sp³-hybridized carbons (Fsp3) is 1.00. The molecule has 3 aliphatic rings. The first kappa shape index (κ1) is 11.6. The summed E-state index contributed by atoms with van der Waals surface area (Å²) in [5, 5.41) is 0.0932. The van der Waals surface area contributed by atoms with Crippen LogP contribution < -0.4 is 0 Å². The zero-order chi connectivity index (χ0) is 10.6. The van der Waals surface area contributed by atoms with Crippen LogP contribution in [0.15, 0.2) is 0 Å². The molecule has 3 saturated carbocycles. The maximum absolute atomic E-state index is 6.29. The van der Waals surface area contributed by atoms with Gasteiger partial charge in [0.05, 0.1) is 0 Å². The Balaban J connectivity index is 2.30. The van der Waals surface area contributed by atoms with Gasteiger partial charge in [0.1, 0.15) is 0 Å². The zero-order valence-corrected chi connectivity index (χ0v) is 12.0. The van der Waals surface area contributed by atoms with Crippen molar-refractivity contribution in [2.24, 2.45) is 11.3 Å². The first-order chi connectivity index (χ1) is 6.27. The van der Waals surface area contributed by atoms with Crippen molar-refractivity contribution in [1.29, 1.82) is 0 Å². The van der Waals surface area contributed by atoms with Crippen molar-refractivity contribution < 1.29 is 0 Å². The van der Waals surface area contributed by atoms with E-state index in [4.69, 9.17) is 33.2 Å². The molecule has 0 aromatic heterocycles. The predicted molar refractivity (Wildman–Crippen MR) is 66.4 cm³/mol. The van der Waals surface area contributed by atoms with Gasteiger partial charge in [0.15, 0.2) is 0 Å². The molecule has 14 heavy (non-hydrogen) atoms. The van der Waals surface area contributed by atoms with Crippen molar-refractivity contribution in [2.45, 2.75) is 51.0 Å². The standard InChI is InChI=1S/C10H17Cl3Si/c1-9(2)7-10(14(11,12)13)5-3-8(9)4-6-10/h8H,3-7H2,1-2H3. The summed E-state index contributed by atoms with van der Waals surface area (Å²) < 4.78 is 0. The van der Waals surface area contributed by atoms with E-state index in [1.165, 1.54) is 12.8 Å². The molecular formula is C10H17Cl3Si. The van der Waals surface area contributed by atoms with Crippen molar-refractivity contribution in [1.82, 2.24) is 0 Å². The monoisotopic (exact) mass is 270 g/mol. The maximum atomic E-state index is 6.29. The molecule has 0 radical (unpaired) electrons. The minimum atomic E-state index is -2.54. The minimum Gasteiger partial charge on any atom is -0.125 e. The molecule has 0 heterocycles. The number of fused-ring (bicyclic) bond motifs is 3. The van der Waals surface area contributed by atoms with E-state index in [2.05, 4.69) is 13.8 Å². The first-order valence-corrected chi connectivity index (χ1v) is 10.4. The molecule has 0 unspecified atom stereocenters. The van der Waals surface area contributed by atoms with E-state index in [1.54, 1.807) is 0 Å². The summed E-state index contributed by atoms with van der Waals surface area (Å²) in [6.07, 6.45) is 5.99. The van der Waals surface area contributed by atoms with Gasteiger partial charge in [-0.15, -0.1) is 33.2 Å². The van der Waals surface area contributed by atoms with E-state index < -0.39 is 6.00 Å². The van der Waals surface area contributed by atoms with Crippen molar-refractivity contribution in [2.75, 3.05) is 0 Å². The molecule has 4 heteroatoms. The zero-order valence-electron chi connectivity index (χ0n) is 8.75. The number of hydrogen-bond acceptors (Lipinski definition) is 0. The smallest absolute Gasteiger partial charge is 0.125 e. The Hall–Kier alpha value is 1.09. The molecule has 0 saturated heterocycles. The second kappa shape index (κ2) is 3.29. The van der Waals surface area contributed by atoms with Crippen LogP contribution in [0.5, 0.6) is 0 Å². The number of rotatable bonds is 1. The molecule has 0 atom stereocenters. The van der Waals surface area contributed by atoms with Crippen LogP contribution in [0.3, 0.4) is 0 Å². The Morgan fingerprint density at radius 2 is 1.57 bits per heavy atom. The first-order valence-electron chi connectivity index (χ1n) is 5.34. The third-order valence-electron chi connectivity index (χ3n) is 4.44. The normalized spacial score (nSPS) is 41.4. The lowest BCUT2D eigenvalue weighted by molar-refractivity contribution is 0.0393. The lowest BCUT2D eigenvalue weighted by Gasteiger charge is -2.57. The largest absolute Gasteiger partial charge is 0.347 e. The average molecular weight is 272 g/mol. The second-order valence-electron chi connectivity index (χ2n) is 5.72. The van der Waals surface area contributed by atoms with Gasteiger partial charge in [-0.3, -0.25) is 0 Å². The molecule has 3 rings (SSSR count). The molecule has 0 N–H and O–H groups in total. The topological polar surface area (TPSA) is 0 Å². The van der Waals surface area contributed by atoms with Crippen molar-refractivity contribution in [3.63, 3.8) is 0 Å². The SMILES string of the molecule is CC1(C)CC2([Si](Cl)(Cl)Cl)CCC1CC2. The van der Waals surface area contributed by atoms with E-state index in [9.17, 15) is 0 Å². The third-order valence-corrected chi connectivity index (χ3v) is 9.93. The Bertz CT molecular complexity index is 233. The molecule has 0 aliphatic heterocycles. The summed E-state index contributed by atoms with van der Waals surface area (Å²) in [5.41, 5.74) is 0.396. The van der Waals surface area contributed by atoms with Gasteiger partial charge in [-0.1, -0.05) is 13.8 Å². The second-order valence-corrected chi connectivity index (χ2v) is 14.6. The van der Waals surface area contributed by atoms with E-state index in [1.807, 2.05) is 0 Å².